The first kappa shape index (κ1) is 12.3. The Hall–Kier alpha value is 0.200. The normalized spacial score (nSPS) is 20.0. The van der Waals surface area contributed by atoms with Gasteiger partial charge < -0.3 is 0 Å². The van der Waals surface area contributed by atoms with Crippen molar-refractivity contribution in [1.82, 2.24) is 4.72 Å². The highest BCUT2D eigenvalue weighted by molar-refractivity contribution is 7.90. The molecule has 0 aliphatic heterocycles. The molecule has 0 radical (unpaired) electrons. The topological polar surface area (TPSA) is 46.2 Å². The largest absolute Gasteiger partial charge is 0.214 e. The summed E-state index contributed by atoms with van der Waals surface area (Å²) in [5.74, 6) is 0.790. The maximum Gasteiger partial charge on any atom is 0.214 e. The van der Waals surface area contributed by atoms with Gasteiger partial charge in [0.2, 0.25) is 10.0 Å². The average Bonchev–Trinajstić information content (AvgIpc) is 2.84. The Kier molecular flexibility index (Phi) is 4.22. The van der Waals surface area contributed by atoms with Crippen molar-refractivity contribution in [1.29, 1.82) is 0 Å². The van der Waals surface area contributed by atoms with Gasteiger partial charge in [-0.3, -0.25) is 0 Å². The summed E-state index contributed by atoms with van der Waals surface area (Å²) in [7, 11) is -3.06. The molecule has 0 amide bonds. The van der Waals surface area contributed by atoms with Crippen LogP contribution in [0.4, 0.5) is 0 Å². The van der Waals surface area contributed by atoms with Crippen LogP contribution in [-0.2, 0) is 10.0 Å². The fourth-order valence-corrected chi connectivity index (χ4v) is 3.33. The second kappa shape index (κ2) is 4.81. The molecule has 14 heavy (non-hydrogen) atoms. The summed E-state index contributed by atoms with van der Waals surface area (Å²) < 4.78 is 26.0. The second-order valence-electron chi connectivity index (χ2n) is 4.19. The van der Waals surface area contributed by atoms with Crippen molar-refractivity contribution in [2.45, 2.75) is 44.4 Å². The molecule has 1 fully saturated rings. The Balaban J connectivity index is 2.53. The van der Waals surface area contributed by atoms with Crippen LogP contribution in [0, 0.1) is 5.92 Å². The molecule has 1 N–H and O–H groups in total. The van der Waals surface area contributed by atoms with Crippen molar-refractivity contribution in [2.24, 2.45) is 5.92 Å². The Morgan fingerprint density at radius 2 is 2.00 bits per heavy atom. The van der Waals surface area contributed by atoms with Gasteiger partial charge in [-0.2, -0.15) is 0 Å². The summed E-state index contributed by atoms with van der Waals surface area (Å²) in [5.41, 5.74) is 0. The van der Waals surface area contributed by atoms with Gasteiger partial charge in [-0.05, 0) is 25.2 Å². The lowest BCUT2D eigenvalue weighted by Crippen LogP contribution is -2.40. The Morgan fingerprint density at radius 3 is 2.36 bits per heavy atom. The van der Waals surface area contributed by atoms with E-state index in [9.17, 15) is 8.42 Å². The smallest absolute Gasteiger partial charge is 0.212 e. The molecule has 3 nitrogen and oxygen atoms in total. The molecule has 1 aliphatic rings. The lowest BCUT2D eigenvalue weighted by Gasteiger charge is -2.21. The monoisotopic (exact) mass is 239 g/mol. The molecule has 0 heterocycles. The molecule has 0 saturated heterocycles. The van der Waals surface area contributed by atoms with Crippen molar-refractivity contribution >= 4 is 21.6 Å². The van der Waals surface area contributed by atoms with Gasteiger partial charge in [-0.1, -0.05) is 13.8 Å². The summed E-state index contributed by atoms with van der Waals surface area (Å²) in [6.07, 6.45) is 2.31. The molecule has 0 aromatic rings. The molecule has 1 saturated carbocycles. The van der Waals surface area contributed by atoms with Crippen LogP contribution in [-0.4, -0.2) is 25.6 Å². The van der Waals surface area contributed by atoms with Crippen molar-refractivity contribution in [3.63, 3.8) is 0 Å². The van der Waals surface area contributed by atoms with Gasteiger partial charge in [-0.25, -0.2) is 13.1 Å². The molecule has 1 atom stereocenters. The van der Waals surface area contributed by atoms with E-state index in [1.807, 2.05) is 13.8 Å². The standard InChI is InChI=1S/C9H18ClNO2S/c1-7(2)9(5-6-10)11-14(12,13)8-3-4-8/h7-9,11H,3-6H2,1-2H3. The number of hydrogen-bond acceptors (Lipinski definition) is 2. The molecule has 1 aliphatic carbocycles. The maximum atomic E-state index is 11.6. The zero-order chi connectivity index (χ0) is 10.8. The van der Waals surface area contributed by atoms with Crippen LogP contribution >= 0.6 is 11.6 Å². The van der Waals surface area contributed by atoms with E-state index in [2.05, 4.69) is 4.72 Å². The first-order chi connectivity index (χ1) is 6.47. The minimum absolute atomic E-state index is 0.0156. The van der Waals surface area contributed by atoms with Gasteiger partial charge in [-0.15, -0.1) is 11.6 Å². The number of nitrogens with one attached hydrogen (secondary N) is 1. The van der Waals surface area contributed by atoms with Gasteiger partial charge in [0.15, 0.2) is 0 Å². The average molecular weight is 240 g/mol. The van der Waals surface area contributed by atoms with E-state index >= 15 is 0 Å². The molecule has 0 bridgehead atoms. The molecule has 1 unspecified atom stereocenters. The number of sulfonamides is 1. The molecule has 1 rings (SSSR count). The van der Waals surface area contributed by atoms with E-state index in [4.69, 9.17) is 11.6 Å². The predicted molar refractivity (Wildman–Crippen MR) is 59.0 cm³/mol. The van der Waals surface area contributed by atoms with Crippen molar-refractivity contribution < 1.29 is 8.42 Å². The van der Waals surface area contributed by atoms with Crippen LogP contribution in [0.1, 0.15) is 33.1 Å². The third kappa shape index (κ3) is 3.41. The molecule has 0 spiro atoms. The van der Waals surface area contributed by atoms with Crippen LogP contribution < -0.4 is 4.72 Å². The van der Waals surface area contributed by atoms with E-state index in [1.165, 1.54) is 0 Å². The molecule has 84 valence electrons. The van der Waals surface area contributed by atoms with E-state index in [0.29, 0.717) is 18.2 Å². The Bertz CT molecular complexity index is 273. The number of alkyl halides is 1. The van der Waals surface area contributed by atoms with Crippen LogP contribution in [0.25, 0.3) is 0 Å². The number of rotatable bonds is 6. The summed E-state index contributed by atoms with van der Waals surface area (Å²) in [6.45, 7) is 4.01. The fraction of sp³-hybridized carbons (Fsp3) is 1.00. The van der Waals surface area contributed by atoms with Crippen molar-refractivity contribution in [2.75, 3.05) is 5.88 Å². The van der Waals surface area contributed by atoms with Gasteiger partial charge in [0.25, 0.3) is 0 Å². The maximum absolute atomic E-state index is 11.6. The van der Waals surface area contributed by atoms with Crippen molar-refractivity contribution in [3.05, 3.63) is 0 Å². The Labute approximate surface area is 91.3 Å². The summed E-state index contributed by atoms with van der Waals surface area (Å²) in [4.78, 5) is 0. The molecular weight excluding hydrogens is 222 g/mol. The van der Waals surface area contributed by atoms with E-state index in [1.54, 1.807) is 0 Å². The van der Waals surface area contributed by atoms with E-state index in [0.717, 1.165) is 12.8 Å². The minimum atomic E-state index is -3.06. The van der Waals surface area contributed by atoms with Crippen molar-refractivity contribution in [3.8, 4) is 0 Å². The molecular formula is C9H18ClNO2S. The number of hydrogen-bond donors (Lipinski definition) is 1. The quantitative estimate of drug-likeness (QED) is 0.718. The lowest BCUT2D eigenvalue weighted by atomic mass is 10.0. The van der Waals surface area contributed by atoms with Gasteiger partial charge in [0.05, 0.1) is 5.25 Å². The third-order valence-corrected chi connectivity index (χ3v) is 4.70. The first-order valence-electron chi connectivity index (χ1n) is 5.04. The zero-order valence-electron chi connectivity index (χ0n) is 8.66. The van der Waals surface area contributed by atoms with Gasteiger partial charge in [0.1, 0.15) is 0 Å². The highest BCUT2D eigenvalue weighted by Gasteiger charge is 2.37. The summed E-state index contributed by atoms with van der Waals surface area (Å²) in [5, 5.41) is -0.140. The van der Waals surface area contributed by atoms with Crippen LogP contribution in [0.5, 0.6) is 0 Å². The van der Waals surface area contributed by atoms with Crippen LogP contribution in [0.15, 0.2) is 0 Å². The van der Waals surface area contributed by atoms with E-state index < -0.39 is 10.0 Å². The van der Waals surface area contributed by atoms with Gasteiger partial charge >= 0.3 is 0 Å². The highest BCUT2D eigenvalue weighted by Crippen LogP contribution is 2.28. The SMILES string of the molecule is CC(C)C(CCCl)NS(=O)(=O)C1CC1. The first-order valence-corrected chi connectivity index (χ1v) is 7.12. The third-order valence-electron chi connectivity index (χ3n) is 2.50. The molecule has 0 aromatic heterocycles. The minimum Gasteiger partial charge on any atom is -0.212 e. The summed E-state index contributed by atoms with van der Waals surface area (Å²) in [6, 6.07) is -0.0156. The summed E-state index contributed by atoms with van der Waals surface area (Å²) >= 11 is 5.63. The molecule has 5 heteroatoms. The zero-order valence-corrected chi connectivity index (χ0v) is 10.2. The lowest BCUT2D eigenvalue weighted by molar-refractivity contribution is 0.438. The Morgan fingerprint density at radius 1 is 1.43 bits per heavy atom. The van der Waals surface area contributed by atoms with E-state index in [-0.39, 0.29) is 11.3 Å². The van der Waals surface area contributed by atoms with Crippen LogP contribution in [0.3, 0.4) is 0 Å². The number of halogens is 1. The van der Waals surface area contributed by atoms with Gasteiger partial charge in [0, 0.05) is 11.9 Å². The van der Waals surface area contributed by atoms with Crippen LogP contribution in [0.2, 0.25) is 0 Å². The highest BCUT2D eigenvalue weighted by atomic mass is 35.5. The fourth-order valence-electron chi connectivity index (χ4n) is 1.33. The second-order valence-corrected chi connectivity index (χ2v) is 6.56. The molecule has 0 aromatic carbocycles. The predicted octanol–water partition coefficient (Wildman–Crippen LogP) is 1.72.